The van der Waals surface area contributed by atoms with E-state index in [2.05, 4.69) is 20.8 Å². The zero-order valence-corrected chi connectivity index (χ0v) is 13.0. The number of aromatic amines is 1. The van der Waals surface area contributed by atoms with E-state index in [9.17, 15) is 9.59 Å². The number of fused-ring (bicyclic) bond motifs is 1. The Labute approximate surface area is 138 Å². The van der Waals surface area contributed by atoms with Crippen LogP contribution >= 0.6 is 0 Å². The van der Waals surface area contributed by atoms with Crippen LogP contribution in [0.5, 0.6) is 0 Å². The Morgan fingerprint density at radius 2 is 1.79 bits per heavy atom. The van der Waals surface area contributed by atoms with Crippen molar-refractivity contribution in [2.24, 2.45) is 5.10 Å². The van der Waals surface area contributed by atoms with Crippen molar-refractivity contribution in [2.45, 2.75) is 6.92 Å². The van der Waals surface area contributed by atoms with Crippen molar-refractivity contribution in [1.29, 1.82) is 0 Å². The molecule has 0 aliphatic rings. The summed E-state index contributed by atoms with van der Waals surface area (Å²) in [5, 5.41) is 7.38. The first-order valence-electron chi connectivity index (χ1n) is 7.41. The molecule has 0 unspecified atom stereocenters. The molecule has 6 heteroatoms. The van der Waals surface area contributed by atoms with Crippen LogP contribution in [0, 0.1) is 6.92 Å². The number of carbonyl (C=O) groups excluding carboxylic acids is 2. The van der Waals surface area contributed by atoms with Crippen LogP contribution < -0.4 is 10.7 Å². The van der Waals surface area contributed by atoms with Crippen molar-refractivity contribution in [2.75, 3.05) is 5.32 Å². The van der Waals surface area contributed by atoms with Gasteiger partial charge in [0, 0.05) is 28.4 Å². The first kappa shape index (κ1) is 15.5. The molecule has 0 atom stereocenters. The molecule has 6 nitrogen and oxygen atoms in total. The lowest BCUT2D eigenvalue weighted by Crippen LogP contribution is -2.32. The summed E-state index contributed by atoms with van der Waals surface area (Å²) in [4.78, 5) is 26.8. The molecule has 2 aromatic carbocycles. The lowest BCUT2D eigenvalue weighted by molar-refractivity contribution is -0.136. The number of hydrogen-bond donors (Lipinski definition) is 3. The topological polar surface area (TPSA) is 86.3 Å². The lowest BCUT2D eigenvalue weighted by Gasteiger charge is -2.06. The van der Waals surface area contributed by atoms with Gasteiger partial charge in [-0.3, -0.25) is 9.59 Å². The normalized spacial score (nSPS) is 10.9. The van der Waals surface area contributed by atoms with Gasteiger partial charge in [-0.2, -0.15) is 5.10 Å². The Morgan fingerprint density at radius 3 is 2.62 bits per heavy atom. The van der Waals surface area contributed by atoms with Gasteiger partial charge in [-0.15, -0.1) is 0 Å². The standard InChI is InChI=1S/C18H16N4O2/c1-12-6-2-4-8-15(12)21-17(23)18(24)22-20-11-13-10-19-16-9-5-3-7-14(13)16/h2-11,19H,1H3,(H,21,23)(H,22,24)/b20-11+. The number of rotatable bonds is 3. The largest absolute Gasteiger partial charge is 0.361 e. The molecule has 0 aliphatic heterocycles. The zero-order chi connectivity index (χ0) is 16.9. The van der Waals surface area contributed by atoms with Crippen LogP contribution in [0.25, 0.3) is 10.9 Å². The Balaban J connectivity index is 1.62. The quantitative estimate of drug-likeness (QED) is 0.393. The van der Waals surface area contributed by atoms with Crippen molar-refractivity contribution >= 4 is 34.6 Å². The minimum absolute atomic E-state index is 0.596. The summed E-state index contributed by atoms with van der Waals surface area (Å²) in [7, 11) is 0. The second kappa shape index (κ2) is 6.78. The molecule has 120 valence electrons. The molecule has 0 spiro atoms. The molecule has 1 aromatic heterocycles. The maximum atomic E-state index is 11.9. The molecule has 0 saturated heterocycles. The third-order valence-electron chi connectivity index (χ3n) is 3.59. The Kier molecular flexibility index (Phi) is 4.38. The van der Waals surface area contributed by atoms with Crippen LogP contribution in [0.1, 0.15) is 11.1 Å². The molecule has 0 radical (unpaired) electrons. The highest BCUT2D eigenvalue weighted by molar-refractivity contribution is 6.39. The highest BCUT2D eigenvalue weighted by Gasteiger charge is 2.13. The summed E-state index contributed by atoms with van der Waals surface area (Å²) in [6.45, 7) is 1.85. The monoisotopic (exact) mass is 320 g/mol. The van der Waals surface area contributed by atoms with Gasteiger partial charge in [-0.05, 0) is 24.6 Å². The summed E-state index contributed by atoms with van der Waals surface area (Å²) >= 11 is 0. The summed E-state index contributed by atoms with van der Waals surface area (Å²) < 4.78 is 0. The van der Waals surface area contributed by atoms with E-state index < -0.39 is 11.8 Å². The SMILES string of the molecule is Cc1ccccc1NC(=O)C(=O)N/N=C/c1c[nH]c2ccccc12. The first-order chi connectivity index (χ1) is 11.6. The predicted octanol–water partition coefficient (Wildman–Crippen LogP) is 2.57. The second-order valence-electron chi connectivity index (χ2n) is 5.26. The molecule has 3 rings (SSSR count). The Hall–Kier alpha value is -3.41. The van der Waals surface area contributed by atoms with E-state index in [0.29, 0.717) is 5.69 Å². The summed E-state index contributed by atoms with van der Waals surface area (Å²) in [5.41, 5.74) is 5.50. The Morgan fingerprint density at radius 1 is 1.04 bits per heavy atom. The molecule has 24 heavy (non-hydrogen) atoms. The molecular formula is C18H16N4O2. The summed E-state index contributed by atoms with van der Waals surface area (Å²) in [5.74, 6) is -1.59. The summed E-state index contributed by atoms with van der Waals surface area (Å²) in [6, 6.07) is 15.0. The maximum absolute atomic E-state index is 11.9. The third-order valence-corrected chi connectivity index (χ3v) is 3.59. The summed E-state index contributed by atoms with van der Waals surface area (Å²) in [6.07, 6.45) is 3.28. The van der Waals surface area contributed by atoms with E-state index in [1.807, 2.05) is 43.3 Å². The number of H-pyrrole nitrogens is 1. The average Bonchev–Trinajstić information content (AvgIpc) is 3.00. The number of benzene rings is 2. The van der Waals surface area contributed by atoms with Gasteiger partial charge in [0.05, 0.1) is 6.21 Å². The number of para-hydroxylation sites is 2. The fraction of sp³-hybridized carbons (Fsp3) is 0.0556. The fourth-order valence-electron chi connectivity index (χ4n) is 2.30. The molecule has 3 aromatic rings. The van der Waals surface area contributed by atoms with Crippen molar-refractivity contribution in [3.63, 3.8) is 0 Å². The average molecular weight is 320 g/mol. The third kappa shape index (κ3) is 3.33. The van der Waals surface area contributed by atoms with Crippen LogP contribution in [0.3, 0.4) is 0 Å². The number of hydrazone groups is 1. The number of carbonyl (C=O) groups is 2. The number of nitrogens with zero attached hydrogens (tertiary/aromatic N) is 1. The minimum Gasteiger partial charge on any atom is -0.361 e. The lowest BCUT2D eigenvalue weighted by atomic mass is 10.2. The van der Waals surface area contributed by atoms with Gasteiger partial charge in [-0.25, -0.2) is 5.43 Å². The second-order valence-corrected chi connectivity index (χ2v) is 5.26. The van der Waals surface area contributed by atoms with Gasteiger partial charge >= 0.3 is 11.8 Å². The predicted molar refractivity (Wildman–Crippen MR) is 93.8 cm³/mol. The van der Waals surface area contributed by atoms with Crippen LogP contribution in [0.15, 0.2) is 59.8 Å². The molecule has 0 saturated carbocycles. The smallest absolute Gasteiger partial charge is 0.329 e. The first-order valence-corrected chi connectivity index (χ1v) is 7.41. The molecule has 0 aliphatic carbocycles. The highest BCUT2D eigenvalue weighted by atomic mass is 16.2. The zero-order valence-electron chi connectivity index (χ0n) is 13.0. The van der Waals surface area contributed by atoms with E-state index in [4.69, 9.17) is 0 Å². The number of aryl methyl sites for hydroxylation is 1. The van der Waals surface area contributed by atoms with E-state index in [1.54, 1.807) is 18.3 Å². The van der Waals surface area contributed by atoms with Gasteiger partial charge in [-0.1, -0.05) is 36.4 Å². The van der Waals surface area contributed by atoms with Gasteiger partial charge in [0.1, 0.15) is 0 Å². The van der Waals surface area contributed by atoms with E-state index >= 15 is 0 Å². The minimum atomic E-state index is -0.825. The number of nitrogens with one attached hydrogen (secondary N) is 3. The fourth-order valence-corrected chi connectivity index (χ4v) is 2.30. The number of anilines is 1. The van der Waals surface area contributed by atoms with Crippen molar-refractivity contribution < 1.29 is 9.59 Å². The van der Waals surface area contributed by atoms with Gasteiger partial charge in [0.2, 0.25) is 0 Å². The molecule has 1 heterocycles. The van der Waals surface area contributed by atoms with Crippen molar-refractivity contribution in [3.8, 4) is 0 Å². The number of hydrogen-bond acceptors (Lipinski definition) is 3. The van der Waals surface area contributed by atoms with E-state index in [0.717, 1.165) is 22.0 Å². The Bertz CT molecular complexity index is 927. The molecular weight excluding hydrogens is 304 g/mol. The molecule has 0 bridgehead atoms. The van der Waals surface area contributed by atoms with Crippen molar-refractivity contribution in [1.82, 2.24) is 10.4 Å². The molecule has 3 N–H and O–H groups in total. The van der Waals surface area contributed by atoms with Crippen LogP contribution in [-0.2, 0) is 9.59 Å². The van der Waals surface area contributed by atoms with Gasteiger partial charge in [0.25, 0.3) is 0 Å². The van der Waals surface area contributed by atoms with Crippen LogP contribution in [0.4, 0.5) is 5.69 Å². The van der Waals surface area contributed by atoms with Crippen LogP contribution in [0.2, 0.25) is 0 Å². The maximum Gasteiger partial charge on any atom is 0.329 e. The molecule has 2 amide bonds. The molecule has 0 fully saturated rings. The number of aromatic nitrogens is 1. The van der Waals surface area contributed by atoms with Gasteiger partial charge in [0.15, 0.2) is 0 Å². The van der Waals surface area contributed by atoms with E-state index in [1.165, 1.54) is 6.21 Å². The van der Waals surface area contributed by atoms with Crippen molar-refractivity contribution in [3.05, 3.63) is 65.9 Å². The van der Waals surface area contributed by atoms with E-state index in [-0.39, 0.29) is 0 Å². The van der Waals surface area contributed by atoms with Gasteiger partial charge < -0.3 is 10.3 Å². The number of amides is 2. The highest BCUT2D eigenvalue weighted by Crippen LogP contribution is 2.15. The van der Waals surface area contributed by atoms with Crippen LogP contribution in [-0.4, -0.2) is 23.0 Å².